The summed E-state index contributed by atoms with van der Waals surface area (Å²) >= 11 is 0. The molecular weight excluding hydrogens is 283 g/mol. The lowest BCUT2D eigenvalue weighted by molar-refractivity contribution is -0.138. The average Bonchev–Trinajstić information content (AvgIpc) is 2.44. The van der Waals surface area contributed by atoms with Gasteiger partial charge >= 0.3 is 6.18 Å². The Morgan fingerprint density at radius 3 is 2.71 bits per heavy atom. The second-order valence-corrected chi connectivity index (χ2v) is 4.55. The van der Waals surface area contributed by atoms with Crippen molar-refractivity contribution in [3.05, 3.63) is 36.2 Å². The number of anilines is 1. The molecule has 110 valence electrons. The van der Waals surface area contributed by atoms with Gasteiger partial charge in [-0.3, -0.25) is 0 Å². The minimum absolute atomic E-state index is 0.257. The van der Waals surface area contributed by atoms with Crippen molar-refractivity contribution in [1.29, 1.82) is 5.26 Å². The van der Waals surface area contributed by atoms with Crippen LogP contribution in [0.15, 0.2) is 30.5 Å². The molecular formula is C14H12F3N3O. The summed E-state index contributed by atoms with van der Waals surface area (Å²) in [7, 11) is 0. The van der Waals surface area contributed by atoms with Gasteiger partial charge in [-0.2, -0.15) is 18.4 Å². The molecule has 1 atom stereocenters. The van der Waals surface area contributed by atoms with Gasteiger partial charge in [-0.05, 0) is 29.7 Å². The molecule has 1 aromatic heterocycles. The zero-order valence-corrected chi connectivity index (χ0v) is 10.9. The monoisotopic (exact) mass is 295 g/mol. The summed E-state index contributed by atoms with van der Waals surface area (Å²) in [4.78, 5) is 3.91. The third-order valence-corrected chi connectivity index (χ3v) is 2.94. The van der Waals surface area contributed by atoms with Crippen molar-refractivity contribution < 1.29 is 18.3 Å². The van der Waals surface area contributed by atoms with Crippen LogP contribution in [0.5, 0.6) is 0 Å². The second-order valence-electron chi connectivity index (χ2n) is 4.55. The zero-order chi connectivity index (χ0) is 15.5. The molecule has 1 heterocycles. The number of halogens is 3. The molecule has 7 heteroatoms. The number of nitrogens with one attached hydrogen (secondary N) is 1. The lowest BCUT2D eigenvalue weighted by Gasteiger charge is -2.19. The molecule has 0 amide bonds. The Morgan fingerprint density at radius 1 is 1.33 bits per heavy atom. The van der Waals surface area contributed by atoms with Gasteiger partial charge in [0.1, 0.15) is 11.8 Å². The van der Waals surface area contributed by atoms with E-state index in [-0.39, 0.29) is 5.69 Å². The third kappa shape index (κ3) is 3.83. The zero-order valence-electron chi connectivity index (χ0n) is 10.9. The Morgan fingerprint density at radius 2 is 2.10 bits per heavy atom. The predicted octanol–water partition coefficient (Wildman–Crippen LogP) is 2.83. The number of pyridine rings is 1. The smallest absolute Gasteiger partial charge is 0.391 e. The van der Waals surface area contributed by atoms with Crippen molar-refractivity contribution in [3.63, 3.8) is 0 Å². The van der Waals surface area contributed by atoms with Crippen LogP contribution in [-0.2, 0) is 0 Å². The number of aliphatic hydroxyl groups excluding tert-OH is 1. The number of aromatic nitrogens is 1. The lowest BCUT2D eigenvalue weighted by atomic mass is 10.1. The summed E-state index contributed by atoms with van der Waals surface area (Å²) in [6.45, 7) is -0.628. The molecule has 1 aromatic carbocycles. The van der Waals surface area contributed by atoms with E-state index in [2.05, 4.69) is 10.3 Å². The highest BCUT2D eigenvalue weighted by atomic mass is 19.4. The van der Waals surface area contributed by atoms with E-state index in [1.165, 1.54) is 6.20 Å². The maximum atomic E-state index is 12.4. The summed E-state index contributed by atoms with van der Waals surface area (Å²) in [6.07, 6.45) is -4.01. The molecule has 0 aliphatic carbocycles. The molecule has 21 heavy (non-hydrogen) atoms. The Hall–Kier alpha value is -2.33. The van der Waals surface area contributed by atoms with Gasteiger partial charge in [-0.1, -0.05) is 0 Å². The van der Waals surface area contributed by atoms with Crippen LogP contribution in [0, 0.1) is 11.3 Å². The first-order valence-electron chi connectivity index (χ1n) is 6.16. The van der Waals surface area contributed by atoms with Gasteiger partial charge in [-0.25, -0.2) is 4.98 Å². The molecule has 2 aromatic rings. The molecule has 0 bridgehead atoms. The van der Waals surface area contributed by atoms with Crippen molar-refractivity contribution in [2.75, 3.05) is 11.9 Å². The summed E-state index contributed by atoms with van der Waals surface area (Å²) < 4.78 is 37.1. The molecule has 0 saturated carbocycles. The van der Waals surface area contributed by atoms with Crippen molar-refractivity contribution in [3.8, 4) is 6.07 Å². The van der Waals surface area contributed by atoms with E-state index < -0.39 is 25.2 Å². The Balaban J connectivity index is 2.25. The summed E-state index contributed by atoms with van der Waals surface area (Å²) in [5.74, 6) is 0. The Labute approximate surface area is 118 Å². The van der Waals surface area contributed by atoms with E-state index in [0.29, 0.717) is 16.5 Å². The largest absolute Gasteiger partial charge is 0.394 e. The SMILES string of the molecule is N#Cc1nccc2cc(N[C@H](CO)CC(F)(F)F)ccc12. The molecule has 2 N–H and O–H groups in total. The fourth-order valence-corrected chi connectivity index (χ4v) is 2.03. The highest BCUT2D eigenvalue weighted by Crippen LogP contribution is 2.25. The molecule has 0 aliphatic heterocycles. The highest BCUT2D eigenvalue weighted by molar-refractivity contribution is 5.89. The van der Waals surface area contributed by atoms with E-state index in [4.69, 9.17) is 10.4 Å². The maximum Gasteiger partial charge on any atom is 0.391 e. The number of hydrogen-bond acceptors (Lipinski definition) is 4. The summed E-state index contributed by atoms with van der Waals surface area (Å²) in [5.41, 5.74) is 0.703. The minimum atomic E-state index is -4.35. The van der Waals surface area contributed by atoms with Gasteiger partial charge in [0.25, 0.3) is 0 Å². The third-order valence-electron chi connectivity index (χ3n) is 2.94. The van der Waals surface area contributed by atoms with Crippen LogP contribution in [0.3, 0.4) is 0 Å². The van der Waals surface area contributed by atoms with Crippen LogP contribution in [0.2, 0.25) is 0 Å². The topological polar surface area (TPSA) is 68.9 Å². The minimum Gasteiger partial charge on any atom is -0.394 e. The number of nitriles is 1. The molecule has 0 fully saturated rings. The van der Waals surface area contributed by atoms with E-state index in [1.54, 1.807) is 24.3 Å². The molecule has 0 unspecified atom stereocenters. The van der Waals surface area contributed by atoms with Crippen molar-refractivity contribution in [1.82, 2.24) is 4.98 Å². The van der Waals surface area contributed by atoms with E-state index >= 15 is 0 Å². The molecule has 0 spiro atoms. The summed E-state index contributed by atoms with van der Waals surface area (Å²) in [5, 5.41) is 21.9. The molecule has 0 radical (unpaired) electrons. The highest BCUT2D eigenvalue weighted by Gasteiger charge is 2.31. The van der Waals surface area contributed by atoms with Crippen LogP contribution in [-0.4, -0.2) is 28.9 Å². The quantitative estimate of drug-likeness (QED) is 0.910. The first-order chi connectivity index (χ1) is 9.93. The van der Waals surface area contributed by atoms with Gasteiger partial charge in [0.15, 0.2) is 0 Å². The van der Waals surface area contributed by atoms with Crippen LogP contribution in [0.25, 0.3) is 10.8 Å². The van der Waals surface area contributed by atoms with Crippen LogP contribution >= 0.6 is 0 Å². The second kappa shape index (κ2) is 5.97. The first kappa shape index (κ1) is 15.1. The van der Waals surface area contributed by atoms with Gasteiger partial charge in [0.05, 0.1) is 19.1 Å². The Bertz CT molecular complexity index is 679. The molecule has 0 aliphatic rings. The molecule has 0 saturated heterocycles. The van der Waals surface area contributed by atoms with Crippen LogP contribution < -0.4 is 5.32 Å². The van der Waals surface area contributed by atoms with Crippen LogP contribution in [0.1, 0.15) is 12.1 Å². The number of nitrogens with zero attached hydrogens (tertiary/aromatic N) is 2. The number of benzene rings is 1. The molecule has 4 nitrogen and oxygen atoms in total. The fourth-order valence-electron chi connectivity index (χ4n) is 2.03. The standard InChI is InChI=1S/C14H12F3N3O/c15-14(16,17)6-11(8-21)20-10-1-2-12-9(5-10)3-4-19-13(12)7-18/h1-5,11,20-21H,6,8H2/t11-/m0/s1. The number of rotatable bonds is 4. The normalized spacial score (nSPS) is 12.9. The van der Waals surface area contributed by atoms with Crippen LogP contribution in [0.4, 0.5) is 18.9 Å². The van der Waals surface area contributed by atoms with E-state index in [9.17, 15) is 13.2 Å². The fraction of sp³-hybridized carbons (Fsp3) is 0.286. The van der Waals surface area contributed by atoms with Crippen molar-refractivity contribution >= 4 is 16.5 Å². The lowest BCUT2D eigenvalue weighted by Crippen LogP contribution is -2.30. The number of hydrogen-bond donors (Lipinski definition) is 2. The average molecular weight is 295 g/mol. The first-order valence-corrected chi connectivity index (χ1v) is 6.16. The number of fused-ring (bicyclic) bond motifs is 1. The van der Waals surface area contributed by atoms with Crippen molar-refractivity contribution in [2.24, 2.45) is 0 Å². The van der Waals surface area contributed by atoms with E-state index in [0.717, 1.165) is 0 Å². The van der Waals surface area contributed by atoms with Gasteiger partial charge in [0, 0.05) is 17.3 Å². The van der Waals surface area contributed by atoms with Gasteiger partial charge in [-0.15, -0.1) is 0 Å². The number of aliphatic hydroxyl groups is 1. The Kier molecular flexibility index (Phi) is 4.29. The summed E-state index contributed by atoms with van der Waals surface area (Å²) in [6, 6.07) is 7.30. The predicted molar refractivity (Wildman–Crippen MR) is 71.6 cm³/mol. The number of alkyl halides is 3. The van der Waals surface area contributed by atoms with Crippen molar-refractivity contribution in [2.45, 2.75) is 18.6 Å². The molecule has 2 rings (SSSR count). The maximum absolute atomic E-state index is 12.4. The van der Waals surface area contributed by atoms with E-state index in [1.807, 2.05) is 6.07 Å². The van der Waals surface area contributed by atoms with Gasteiger partial charge in [0.2, 0.25) is 0 Å². The van der Waals surface area contributed by atoms with Gasteiger partial charge < -0.3 is 10.4 Å².